The number of hydrogen-bond donors (Lipinski definition) is 0. The van der Waals surface area contributed by atoms with Crippen LogP contribution in [0.4, 0.5) is 0 Å². The zero-order valence-corrected chi connectivity index (χ0v) is 19.3. The molecule has 1 atom stereocenters. The lowest BCUT2D eigenvalue weighted by atomic mass is 10.1. The van der Waals surface area contributed by atoms with E-state index in [-0.39, 0.29) is 4.90 Å². The maximum absolute atomic E-state index is 10.8. The summed E-state index contributed by atoms with van der Waals surface area (Å²) in [5.74, 6) is 0. The highest BCUT2D eigenvalue weighted by atomic mass is 32.2. The van der Waals surface area contributed by atoms with Gasteiger partial charge in [0.15, 0.2) is 5.23 Å². The van der Waals surface area contributed by atoms with Crippen LogP contribution in [0.25, 0.3) is 0 Å². The van der Waals surface area contributed by atoms with Gasteiger partial charge in [0.2, 0.25) is 0 Å². The third-order valence-corrected chi connectivity index (χ3v) is 6.22. The lowest BCUT2D eigenvalue weighted by molar-refractivity contribution is -0.929. The molecule has 0 aliphatic carbocycles. The summed E-state index contributed by atoms with van der Waals surface area (Å²) in [6.07, 6.45) is 11.1. The van der Waals surface area contributed by atoms with E-state index in [1.807, 2.05) is 0 Å². The van der Waals surface area contributed by atoms with Crippen LogP contribution in [0.3, 0.4) is 0 Å². The van der Waals surface area contributed by atoms with Crippen molar-refractivity contribution in [3.8, 4) is 0 Å². The Morgan fingerprint density at radius 1 is 0.786 bits per heavy atom. The van der Waals surface area contributed by atoms with Crippen LogP contribution in [0, 0.1) is 0 Å². The molecule has 0 aliphatic heterocycles. The van der Waals surface area contributed by atoms with E-state index in [0.717, 1.165) is 5.23 Å². The smallest absolute Gasteiger partial charge is 0.177 e. The van der Waals surface area contributed by atoms with Gasteiger partial charge in [-0.3, -0.25) is 4.21 Å². The van der Waals surface area contributed by atoms with Crippen LogP contribution in [0.1, 0.15) is 79.1 Å². The fraction of sp³-hybridized carbons (Fsp3) is 0.696. The number of nitrogens with zero attached hydrogens (tertiary/aromatic N) is 1. The molecule has 1 unspecified atom stereocenters. The molecule has 1 aromatic rings. The maximum atomic E-state index is 10.8. The third kappa shape index (κ3) is 11.0. The molecule has 0 N–H and O–H groups in total. The number of unbranched alkanes of at least 4 members (excludes halogenated alkanes) is 4. The fourth-order valence-corrected chi connectivity index (χ4v) is 3.90. The van der Waals surface area contributed by atoms with Crippen molar-refractivity contribution in [2.75, 3.05) is 26.2 Å². The van der Waals surface area contributed by atoms with Gasteiger partial charge in [0.1, 0.15) is 0 Å². The quantitative estimate of drug-likeness (QED) is 0.317. The van der Waals surface area contributed by atoms with Gasteiger partial charge in [0.25, 0.3) is 0 Å². The second-order valence-corrected chi connectivity index (χ2v) is 9.20. The van der Waals surface area contributed by atoms with Crippen molar-refractivity contribution in [3.63, 3.8) is 0 Å². The zero-order valence-electron chi connectivity index (χ0n) is 18.5. The Labute approximate surface area is 173 Å². The van der Waals surface area contributed by atoms with Crippen molar-refractivity contribution in [1.29, 1.82) is 0 Å². The number of rotatable bonds is 13. The molecular formula is C23H41NO3S. The molecule has 0 bridgehead atoms. The first-order valence-electron chi connectivity index (χ1n) is 10.9. The van der Waals surface area contributed by atoms with Gasteiger partial charge in [-0.1, -0.05) is 71.6 Å². The Morgan fingerprint density at radius 2 is 1.14 bits per heavy atom. The highest BCUT2D eigenvalue weighted by molar-refractivity contribution is 7.95. The van der Waals surface area contributed by atoms with E-state index in [1.165, 1.54) is 94.2 Å². The lowest BCUT2D eigenvalue weighted by Gasteiger charge is -2.39. The molecule has 0 fully saturated rings. The van der Waals surface area contributed by atoms with E-state index in [0.29, 0.717) is 0 Å². The number of carbonyl (C=O) groups excluding carboxylic acids is 1. The summed E-state index contributed by atoms with van der Waals surface area (Å²) in [5.41, 5.74) is 0. The molecule has 0 amide bonds. The molecule has 1 aromatic carbocycles. The molecule has 0 radical (unpaired) electrons. The predicted octanol–water partition coefficient (Wildman–Crippen LogP) is 5.53. The molecule has 0 saturated heterocycles. The minimum Gasteiger partial charge on any atom is -0.766 e. The molecule has 0 aliphatic rings. The van der Waals surface area contributed by atoms with E-state index in [1.54, 1.807) is 18.2 Å². The second-order valence-electron chi connectivity index (χ2n) is 7.55. The molecule has 162 valence electrons. The van der Waals surface area contributed by atoms with Gasteiger partial charge in [0.05, 0.1) is 26.2 Å². The third-order valence-electron chi connectivity index (χ3n) is 5.11. The van der Waals surface area contributed by atoms with Gasteiger partial charge in [-0.25, -0.2) is 4.79 Å². The molecular weight excluding hydrogens is 370 g/mol. The molecule has 0 spiro atoms. The van der Waals surface area contributed by atoms with Crippen LogP contribution in [-0.2, 0) is 14.6 Å². The van der Waals surface area contributed by atoms with Crippen LogP contribution in [0.15, 0.2) is 35.2 Å². The zero-order chi connectivity index (χ0) is 21.3. The Morgan fingerprint density at radius 3 is 1.43 bits per heavy atom. The standard InChI is InChI=1S/C16H36N.C7H6O3S/c1-5-9-13-17(14-10-6-2,15-11-7-3)16-12-8-4;8-6-11(9,10)7-4-2-1-3-5-7/h5-16H2,1-4H3;1-5H,(H,9,10)/q+1;/p-1. The van der Waals surface area contributed by atoms with Crippen molar-refractivity contribution in [3.05, 3.63) is 30.3 Å². The Balaban J connectivity index is 0.000000567. The van der Waals surface area contributed by atoms with Crippen LogP contribution in [0.5, 0.6) is 0 Å². The fourth-order valence-electron chi connectivity index (χ4n) is 3.29. The topological polar surface area (TPSA) is 57.2 Å². The van der Waals surface area contributed by atoms with Gasteiger partial charge in [-0.15, -0.1) is 0 Å². The van der Waals surface area contributed by atoms with E-state index in [4.69, 9.17) is 0 Å². The van der Waals surface area contributed by atoms with Crippen molar-refractivity contribution in [2.24, 2.45) is 0 Å². The average molecular weight is 412 g/mol. The SMILES string of the molecule is CCCC[N+](CCCC)(CCCC)CCCC.O=C=S(=O)([O-])c1ccccc1. The molecule has 0 saturated carbocycles. The van der Waals surface area contributed by atoms with E-state index in [2.05, 4.69) is 27.7 Å². The van der Waals surface area contributed by atoms with Crippen molar-refractivity contribution < 1.29 is 18.0 Å². The normalized spacial score (nSPS) is 13.2. The van der Waals surface area contributed by atoms with Gasteiger partial charge in [-0.05, 0) is 37.8 Å². The molecule has 5 heteroatoms. The van der Waals surface area contributed by atoms with E-state index < -0.39 is 9.80 Å². The Hall–Kier alpha value is -1.13. The van der Waals surface area contributed by atoms with Crippen LogP contribution >= 0.6 is 0 Å². The van der Waals surface area contributed by atoms with Crippen LogP contribution in [0.2, 0.25) is 0 Å². The number of hydrogen-bond acceptors (Lipinski definition) is 3. The molecule has 1 rings (SSSR count). The Bertz CT molecular complexity index is 595. The first-order valence-corrected chi connectivity index (χ1v) is 12.4. The van der Waals surface area contributed by atoms with Crippen LogP contribution in [-0.4, -0.2) is 44.7 Å². The first kappa shape index (κ1) is 26.9. The van der Waals surface area contributed by atoms with Crippen molar-refractivity contribution in [2.45, 2.75) is 84.0 Å². The summed E-state index contributed by atoms with van der Waals surface area (Å²) in [6.45, 7) is 15.0. The van der Waals surface area contributed by atoms with Gasteiger partial charge < -0.3 is 9.04 Å². The molecule has 4 nitrogen and oxygen atoms in total. The average Bonchev–Trinajstić information content (AvgIpc) is 2.74. The number of benzene rings is 1. The largest absolute Gasteiger partial charge is 0.766 e. The van der Waals surface area contributed by atoms with Crippen molar-refractivity contribution >= 4 is 15.0 Å². The summed E-state index contributed by atoms with van der Waals surface area (Å²) in [6, 6.07) is 7.46. The lowest BCUT2D eigenvalue weighted by Crippen LogP contribution is -2.50. The Kier molecular flexibility index (Phi) is 15.1. The number of quaternary nitrogens is 1. The minimum absolute atomic E-state index is 0.0185. The summed E-state index contributed by atoms with van der Waals surface area (Å²) in [7, 11) is -3.80. The highest BCUT2D eigenvalue weighted by Crippen LogP contribution is 2.16. The molecule has 0 aromatic heterocycles. The van der Waals surface area contributed by atoms with Crippen LogP contribution < -0.4 is 0 Å². The highest BCUT2D eigenvalue weighted by Gasteiger charge is 2.24. The maximum Gasteiger partial charge on any atom is 0.177 e. The van der Waals surface area contributed by atoms with Gasteiger partial charge >= 0.3 is 0 Å². The van der Waals surface area contributed by atoms with E-state index >= 15 is 0 Å². The van der Waals surface area contributed by atoms with Gasteiger partial charge in [-0.2, -0.15) is 0 Å². The molecule has 28 heavy (non-hydrogen) atoms. The second kappa shape index (κ2) is 15.8. The first-order chi connectivity index (χ1) is 13.4. The summed E-state index contributed by atoms with van der Waals surface area (Å²) in [4.78, 5) is 9.90. The van der Waals surface area contributed by atoms with E-state index in [9.17, 15) is 13.6 Å². The van der Waals surface area contributed by atoms with Gasteiger partial charge in [0, 0.05) is 14.7 Å². The minimum atomic E-state index is -3.80. The predicted molar refractivity (Wildman–Crippen MR) is 119 cm³/mol. The summed E-state index contributed by atoms with van der Waals surface area (Å²) >= 11 is 0. The van der Waals surface area contributed by atoms with Crippen molar-refractivity contribution in [1.82, 2.24) is 0 Å². The summed E-state index contributed by atoms with van der Waals surface area (Å²) < 4.78 is 23.0. The molecule has 0 heterocycles. The summed E-state index contributed by atoms with van der Waals surface area (Å²) in [5, 5.41) is 0.980. The monoisotopic (exact) mass is 411 g/mol.